The highest BCUT2D eigenvalue weighted by Gasteiger charge is 2.68. The van der Waals surface area contributed by atoms with Gasteiger partial charge in [0, 0.05) is 13.5 Å². The Kier molecular flexibility index (Phi) is 2.94. The summed E-state index contributed by atoms with van der Waals surface area (Å²) < 4.78 is 0. The Morgan fingerprint density at radius 2 is 2.00 bits per heavy atom. The summed E-state index contributed by atoms with van der Waals surface area (Å²) in [5, 5.41) is 9.44. The van der Waals surface area contributed by atoms with Crippen LogP contribution >= 0.6 is 0 Å². The van der Waals surface area contributed by atoms with Crippen LogP contribution in [0, 0.1) is 17.3 Å². The fourth-order valence-corrected chi connectivity index (χ4v) is 3.73. The molecular weight excluding hydrogens is 254 g/mol. The predicted octanol–water partition coefficient (Wildman–Crippen LogP) is 2.16. The molecular formula is C16H21NO3. The number of carboxylic acids is 1. The highest BCUT2D eigenvalue weighted by molar-refractivity contribution is 5.98. The Bertz CT molecular complexity index is 558. The van der Waals surface area contributed by atoms with E-state index in [9.17, 15) is 14.7 Å². The number of aliphatic carboxylic acids is 1. The maximum absolute atomic E-state index is 12.2. The van der Waals surface area contributed by atoms with Crippen molar-refractivity contribution in [2.45, 2.75) is 19.9 Å². The summed E-state index contributed by atoms with van der Waals surface area (Å²) in [6.45, 7) is 5.15. The van der Waals surface area contributed by atoms with Crippen LogP contribution in [0.4, 0.5) is 0 Å². The van der Waals surface area contributed by atoms with Gasteiger partial charge in [0.1, 0.15) is 6.04 Å². The quantitative estimate of drug-likeness (QED) is 0.855. The molecule has 0 aromatic heterocycles. The van der Waals surface area contributed by atoms with Crippen LogP contribution in [0.5, 0.6) is 0 Å². The Morgan fingerprint density at radius 3 is 2.60 bits per heavy atom. The molecule has 1 aromatic carbocycles. The molecule has 108 valence electrons. The lowest BCUT2D eigenvalue weighted by atomic mass is 10.0. The molecule has 2 fully saturated rings. The van der Waals surface area contributed by atoms with Gasteiger partial charge in [0.05, 0.1) is 6.54 Å². The summed E-state index contributed by atoms with van der Waals surface area (Å²) in [6.07, 6.45) is 0. The van der Waals surface area contributed by atoms with Crippen molar-refractivity contribution in [3.05, 3.63) is 35.9 Å². The van der Waals surface area contributed by atoms with Crippen LogP contribution in [0.15, 0.2) is 30.3 Å². The number of rotatable bonds is 4. The second-order valence-corrected chi connectivity index (χ2v) is 6.46. The second kappa shape index (κ2) is 4.42. The van der Waals surface area contributed by atoms with Crippen molar-refractivity contribution < 1.29 is 16.1 Å². The van der Waals surface area contributed by atoms with Crippen LogP contribution in [0.25, 0.3) is 0 Å². The maximum Gasteiger partial charge on any atom is 0.321 e. The normalized spacial score (nSPS) is 30.8. The van der Waals surface area contributed by atoms with Crippen molar-refractivity contribution in [3.63, 3.8) is 0 Å². The van der Waals surface area contributed by atoms with Crippen molar-refractivity contribution in [1.29, 1.82) is 0 Å². The number of piperidine rings is 1. The molecule has 20 heavy (non-hydrogen) atoms. The molecule has 2 aliphatic rings. The van der Waals surface area contributed by atoms with Crippen molar-refractivity contribution in [3.8, 4) is 0 Å². The zero-order chi connectivity index (χ0) is 14.5. The SMILES string of the molecule is CC1(C)[C@@H]2[C@@H](C(=O)O)N(CC(=O)c3ccccc3)C[C@@H]21.[HH]. The van der Waals surface area contributed by atoms with Gasteiger partial charge in [-0.15, -0.1) is 0 Å². The van der Waals surface area contributed by atoms with Crippen LogP contribution in [-0.2, 0) is 4.79 Å². The molecule has 4 nitrogen and oxygen atoms in total. The monoisotopic (exact) mass is 275 g/mol. The summed E-state index contributed by atoms with van der Waals surface area (Å²) >= 11 is 0. The lowest BCUT2D eigenvalue weighted by molar-refractivity contribution is -0.143. The van der Waals surface area contributed by atoms with Crippen LogP contribution in [0.3, 0.4) is 0 Å². The number of carboxylic acid groups (broad SMARTS) is 1. The van der Waals surface area contributed by atoms with Crippen molar-refractivity contribution in [1.82, 2.24) is 4.90 Å². The maximum atomic E-state index is 12.2. The van der Waals surface area contributed by atoms with E-state index in [4.69, 9.17) is 0 Å². The smallest absolute Gasteiger partial charge is 0.321 e. The predicted molar refractivity (Wildman–Crippen MR) is 76.6 cm³/mol. The van der Waals surface area contributed by atoms with E-state index in [2.05, 4.69) is 13.8 Å². The van der Waals surface area contributed by atoms with E-state index in [1.807, 2.05) is 23.1 Å². The molecule has 0 amide bonds. The van der Waals surface area contributed by atoms with Crippen LogP contribution in [-0.4, -0.2) is 40.9 Å². The first-order chi connectivity index (χ1) is 9.43. The molecule has 1 saturated carbocycles. The average Bonchev–Trinajstić information content (AvgIpc) is 2.77. The lowest BCUT2D eigenvalue weighted by Gasteiger charge is -2.27. The van der Waals surface area contributed by atoms with Gasteiger partial charge in [-0.1, -0.05) is 44.2 Å². The van der Waals surface area contributed by atoms with E-state index in [-0.39, 0.29) is 25.1 Å². The molecule has 4 heteroatoms. The first-order valence-electron chi connectivity index (χ1n) is 6.98. The molecule has 1 aromatic rings. The summed E-state index contributed by atoms with van der Waals surface area (Å²) in [7, 11) is 0. The molecule has 3 rings (SSSR count). The minimum atomic E-state index is -0.802. The zero-order valence-corrected chi connectivity index (χ0v) is 11.7. The van der Waals surface area contributed by atoms with Gasteiger partial charge < -0.3 is 5.11 Å². The van der Waals surface area contributed by atoms with Gasteiger partial charge in [-0.05, 0) is 17.3 Å². The number of likely N-dealkylation sites (tertiary alicyclic amines) is 1. The molecule has 0 bridgehead atoms. The highest BCUT2D eigenvalue weighted by Crippen LogP contribution is 2.64. The van der Waals surface area contributed by atoms with Crippen molar-refractivity contribution in [2.75, 3.05) is 13.1 Å². The van der Waals surface area contributed by atoms with Crippen molar-refractivity contribution in [2.24, 2.45) is 17.3 Å². The van der Waals surface area contributed by atoms with Gasteiger partial charge in [0.15, 0.2) is 5.78 Å². The van der Waals surface area contributed by atoms with E-state index in [1.165, 1.54) is 0 Å². The third kappa shape index (κ3) is 1.95. The molecule has 1 N–H and O–H groups in total. The Hall–Kier alpha value is -1.68. The zero-order valence-electron chi connectivity index (χ0n) is 11.7. The van der Waals surface area contributed by atoms with Crippen molar-refractivity contribution >= 4 is 11.8 Å². The second-order valence-electron chi connectivity index (χ2n) is 6.46. The number of hydrogen-bond donors (Lipinski definition) is 1. The van der Waals surface area contributed by atoms with E-state index >= 15 is 0 Å². The summed E-state index contributed by atoms with van der Waals surface area (Å²) in [5.74, 6) is -0.212. The van der Waals surface area contributed by atoms with Crippen LogP contribution in [0.1, 0.15) is 25.6 Å². The third-order valence-electron chi connectivity index (χ3n) is 5.00. The minimum absolute atomic E-state index is 0. The number of hydrogen-bond acceptors (Lipinski definition) is 3. The highest BCUT2D eigenvalue weighted by atomic mass is 16.4. The summed E-state index contributed by atoms with van der Waals surface area (Å²) in [4.78, 5) is 25.6. The van der Waals surface area contributed by atoms with E-state index in [1.54, 1.807) is 12.1 Å². The van der Waals surface area contributed by atoms with Gasteiger partial charge in [0.25, 0.3) is 0 Å². The van der Waals surface area contributed by atoms with Crippen LogP contribution in [0.2, 0.25) is 0 Å². The average molecular weight is 275 g/mol. The van der Waals surface area contributed by atoms with Gasteiger partial charge in [-0.2, -0.15) is 0 Å². The fourth-order valence-electron chi connectivity index (χ4n) is 3.73. The van der Waals surface area contributed by atoms with Gasteiger partial charge in [-0.25, -0.2) is 0 Å². The number of benzene rings is 1. The molecule has 3 atom stereocenters. The molecule has 1 heterocycles. The first kappa shape index (κ1) is 13.3. The molecule has 1 aliphatic heterocycles. The molecule has 1 saturated heterocycles. The van der Waals surface area contributed by atoms with E-state index in [0.717, 1.165) is 0 Å². The summed E-state index contributed by atoms with van der Waals surface area (Å²) in [6, 6.07) is 8.56. The standard InChI is InChI=1S/C16H19NO3.H2/c1-16(2)11-8-17(14(13(11)16)15(19)20)9-12(18)10-6-4-3-5-7-10;/h3-7,11,13-14H,8-9H2,1-2H3,(H,19,20);1H/t11-,13-,14-;/m0./s1. The summed E-state index contributed by atoms with van der Waals surface area (Å²) in [5.41, 5.74) is 0.756. The lowest BCUT2D eigenvalue weighted by Crippen LogP contribution is -2.44. The Labute approximate surface area is 119 Å². The topological polar surface area (TPSA) is 57.6 Å². The largest absolute Gasteiger partial charge is 0.480 e. The number of carbonyl (C=O) groups is 2. The van der Waals surface area contributed by atoms with Gasteiger partial charge >= 0.3 is 5.97 Å². The molecule has 0 radical (unpaired) electrons. The number of Topliss-reactive ketones (excluding diaryl/α,β-unsaturated/α-hetero) is 1. The first-order valence-corrected chi connectivity index (χ1v) is 6.98. The van der Waals surface area contributed by atoms with E-state index in [0.29, 0.717) is 18.0 Å². The molecule has 1 aliphatic carbocycles. The fraction of sp³-hybridized carbons (Fsp3) is 0.500. The van der Waals surface area contributed by atoms with Crippen LogP contribution < -0.4 is 0 Å². The minimum Gasteiger partial charge on any atom is -0.480 e. The molecule has 0 spiro atoms. The Balaban J connectivity index is 0.00000161. The van der Waals surface area contributed by atoms with Gasteiger partial charge in [-0.3, -0.25) is 14.5 Å². The number of nitrogens with zero attached hydrogens (tertiary/aromatic N) is 1. The number of fused-ring (bicyclic) bond motifs is 1. The number of carbonyl (C=O) groups excluding carboxylic acids is 1. The van der Waals surface area contributed by atoms with Gasteiger partial charge in [0.2, 0.25) is 0 Å². The Morgan fingerprint density at radius 1 is 1.35 bits per heavy atom. The number of ketones is 1. The molecule has 0 unspecified atom stereocenters. The van der Waals surface area contributed by atoms with E-state index < -0.39 is 12.0 Å². The third-order valence-corrected chi connectivity index (χ3v) is 5.00.